The molecule has 0 fully saturated rings. The molecule has 0 aromatic heterocycles. The quantitative estimate of drug-likeness (QED) is 0.265. The fourth-order valence-corrected chi connectivity index (χ4v) is 5.43. The topological polar surface area (TPSA) is 207 Å². The van der Waals surface area contributed by atoms with Crippen molar-refractivity contribution in [1.82, 2.24) is 20.4 Å². The molecule has 0 heterocycles. The van der Waals surface area contributed by atoms with Crippen LogP contribution in [0.3, 0.4) is 0 Å². The Kier molecular flexibility index (Phi) is 13.2. The number of carbonyl (C=O) groups excluding carboxylic acids is 2. The SMILES string of the molecule is CN(C)C(=O)C1CC(NCCCCCCNC2=C(C#N)C(=C(C#N)C#N)CC(C(=O)N(C)C)C2)=C(C#N)C(=C(C#N)C#N)C1. The first-order valence-electron chi connectivity index (χ1n) is 14.3. The number of nitrogens with one attached hydrogen (secondary N) is 2. The van der Waals surface area contributed by atoms with Crippen molar-refractivity contribution in [2.75, 3.05) is 41.3 Å². The van der Waals surface area contributed by atoms with Crippen molar-refractivity contribution in [3.8, 4) is 36.4 Å². The molecule has 2 aliphatic rings. The first-order valence-corrected chi connectivity index (χ1v) is 14.3. The standard InChI is InChI=1S/C32H36N10O2/c1-41(2)31(43)21-11-25(23(15-33)16-34)27(19-37)29(13-21)39-9-7-5-6-8-10-40-30-14-22(32(44)42(3)4)12-26(28(30)20-38)24(17-35)18-36/h21-22,39-40H,5-14H2,1-4H3. The maximum Gasteiger partial charge on any atom is 0.225 e. The third kappa shape index (κ3) is 8.49. The molecule has 0 radical (unpaired) electrons. The first-order chi connectivity index (χ1) is 21.1. The number of nitriles is 6. The van der Waals surface area contributed by atoms with Gasteiger partial charge in [0, 0.05) is 88.5 Å². The Morgan fingerprint density at radius 2 is 0.955 bits per heavy atom. The number of hydrogen-bond acceptors (Lipinski definition) is 10. The van der Waals surface area contributed by atoms with Crippen molar-refractivity contribution in [1.29, 1.82) is 31.6 Å². The lowest BCUT2D eigenvalue weighted by Crippen LogP contribution is -2.34. The van der Waals surface area contributed by atoms with Gasteiger partial charge in [0.25, 0.3) is 0 Å². The van der Waals surface area contributed by atoms with Crippen molar-refractivity contribution < 1.29 is 9.59 Å². The minimum atomic E-state index is -0.477. The summed E-state index contributed by atoms with van der Waals surface area (Å²) in [4.78, 5) is 28.3. The minimum absolute atomic E-state index is 0.134. The molecular weight excluding hydrogens is 556 g/mol. The van der Waals surface area contributed by atoms with E-state index in [1.807, 2.05) is 24.3 Å². The van der Waals surface area contributed by atoms with Crippen LogP contribution in [-0.2, 0) is 9.59 Å². The van der Waals surface area contributed by atoms with E-state index in [0.717, 1.165) is 25.7 Å². The van der Waals surface area contributed by atoms with E-state index in [1.165, 1.54) is 9.80 Å². The molecule has 0 bridgehead atoms. The molecule has 2 amide bonds. The Balaban J connectivity index is 2.02. The van der Waals surface area contributed by atoms with Crippen LogP contribution in [0.5, 0.6) is 0 Å². The Labute approximate surface area is 259 Å². The molecule has 2 unspecified atom stereocenters. The highest BCUT2D eigenvalue weighted by Gasteiger charge is 2.33. The molecule has 0 aromatic rings. The summed E-state index contributed by atoms with van der Waals surface area (Å²) in [5, 5.41) is 63.8. The van der Waals surface area contributed by atoms with E-state index >= 15 is 0 Å². The van der Waals surface area contributed by atoms with Gasteiger partial charge in [-0.1, -0.05) is 12.8 Å². The van der Waals surface area contributed by atoms with Crippen LogP contribution in [0.15, 0.2) is 44.8 Å². The average molecular weight is 593 g/mol. The average Bonchev–Trinajstić information content (AvgIpc) is 3.02. The van der Waals surface area contributed by atoms with Gasteiger partial charge in [0.15, 0.2) is 0 Å². The van der Waals surface area contributed by atoms with Gasteiger partial charge in [-0.15, -0.1) is 0 Å². The van der Waals surface area contributed by atoms with Crippen molar-refractivity contribution in [2.45, 2.75) is 51.4 Å². The van der Waals surface area contributed by atoms with Crippen LogP contribution in [-0.4, -0.2) is 62.9 Å². The number of carbonyl (C=O) groups is 2. The van der Waals surface area contributed by atoms with E-state index in [-0.39, 0.29) is 46.9 Å². The van der Waals surface area contributed by atoms with Crippen molar-refractivity contribution in [3.05, 3.63) is 44.8 Å². The molecule has 2 atom stereocenters. The van der Waals surface area contributed by atoms with Crippen LogP contribution >= 0.6 is 0 Å². The number of rotatable bonds is 11. The maximum atomic E-state index is 12.7. The Hall–Kier alpha value is -5.56. The highest BCUT2D eigenvalue weighted by molar-refractivity contribution is 5.81. The van der Waals surface area contributed by atoms with E-state index in [9.17, 15) is 41.2 Å². The van der Waals surface area contributed by atoms with Crippen LogP contribution in [0.2, 0.25) is 0 Å². The molecule has 0 saturated carbocycles. The Bertz CT molecular complexity index is 1390. The van der Waals surface area contributed by atoms with Crippen LogP contribution in [0, 0.1) is 79.8 Å². The van der Waals surface area contributed by atoms with Gasteiger partial charge >= 0.3 is 0 Å². The number of amides is 2. The fourth-order valence-electron chi connectivity index (χ4n) is 5.43. The first kappa shape index (κ1) is 34.6. The molecule has 2 N–H and O–H groups in total. The molecule has 2 rings (SSSR count). The van der Waals surface area contributed by atoms with E-state index in [1.54, 1.807) is 28.2 Å². The number of unbranched alkanes of at least 4 members (excludes halogenated alkanes) is 3. The summed E-state index contributed by atoms with van der Waals surface area (Å²) < 4.78 is 0. The summed E-state index contributed by atoms with van der Waals surface area (Å²) in [7, 11) is 6.58. The molecule has 0 aromatic carbocycles. The second-order valence-corrected chi connectivity index (χ2v) is 11.0. The van der Waals surface area contributed by atoms with E-state index in [0.29, 0.717) is 48.5 Å². The minimum Gasteiger partial charge on any atom is -0.387 e. The van der Waals surface area contributed by atoms with Crippen LogP contribution in [0.1, 0.15) is 51.4 Å². The summed E-state index contributed by atoms with van der Waals surface area (Å²) in [6, 6.07) is 11.6. The summed E-state index contributed by atoms with van der Waals surface area (Å²) in [6.07, 6.45) is 4.19. The van der Waals surface area contributed by atoms with Crippen LogP contribution in [0.4, 0.5) is 0 Å². The van der Waals surface area contributed by atoms with Gasteiger partial charge in [0.05, 0.1) is 11.1 Å². The third-order valence-corrected chi connectivity index (χ3v) is 7.64. The van der Waals surface area contributed by atoms with Crippen molar-refractivity contribution >= 4 is 11.8 Å². The summed E-state index contributed by atoms with van der Waals surface area (Å²) in [6.45, 7) is 1.08. The zero-order valence-corrected chi connectivity index (χ0v) is 25.6. The number of allylic oxidation sites excluding steroid dienone is 8. The molecule has 12 nitrogen and oxygen atoms in total. The van der Waals surface area contributed by atoms with Gasteiger partial charge in [-0.2, -0.15) is 31.6 Å². The highest BCUT2D eigenvalue weighted by Crippen LogP contribution is 2.36. The molecular formula is C32H36N10O2. The van der Waals surface area contributed by atoms with Gasteiger partial charge in [0.1, 0.15) is 47.6 Å². The maximum absolute atomic E-state index is 12.7. The highest BCUT2D eigenvalue weighted by atomic mass is 16.2. The fraction of sp³-hybridized carbons (Fsp3) is 0.500. The molecule has 12 heteroatoms. The monoisotopic (exact) mass is 592 g/mol. The number of nitrogens with zero attached hydrogens (tertiary/aromatic N) is 8. The molecule has 226 valence electrons. The molecule has 0 aliphatic heterocycles. The van der Waals surface area contributed by atoms with Gasteiger partial charge in [-0.25, -0.2) is 0 Å². The predicted octanol–water partition coefficient (Wildman–Crippen LogP) is 2.97. The lowest BCUT2D eigenvalue weighted by Gasteiger charge is -2.29. The second kappa shape index (κ2) is 16.8. The van der Waals surface area contributed by atoms with E-state index < -0.39 is 11.8 Å². The largest absolute Gasteiger partial charge is 0.387 e. The van der Waals surface area contributed by atoms with E-state index in [4.69, 9.17) is 0 Å². The van der Waals surface area contributed by atoms with Gasteiger partial charge < -0.3 is 20.4 Å². The summed E-state index contributed by atoms with van der Waals surface area (Å²) in [5.41, 5.74) is 1.91. The lowest BCUT2D eigenvalue weighted by molar-refractivity contribution is -0.133. The Morgan fingerprint density at radius 3 is 1.23 bits per heavy atom. The van der Waals surface area contributed by atoms with Crippen molar-refractivity contribution in [3.63, 3.8) is 0 Å². The zero-order valence-electron chi connectivity index (χ0n) is 25.6. The van der Waals surface area contributed by atoms with Gasteiger partial charge in [0.2, 0.25) is 11.8 Å². The Morgan fingerprint density at radius 1 is 0.614 bits per heavy atom. The molecule has 0 saturated heterocycles. The number of hydrogen-bond donors (Lipinski definition) is 2. The molecule has 2 aliphatic carbocycles. The predicted molar refractivity (Wildman–Crippen MR) is 159 cm³/mol. The smallest absolute Gasteiger partial charge is 0.225 e. The van der Waals surface area contributed by atoms with E-state index in [2.05, 4.69) is 22.8 Å². The summed E-state index contributed by atoms with van der Waals surface area (Å²) >= 11 is 0. The van der Waals surface area contributed by atoms with Crippen molar-refractivity contribution in [2.24, 2.45) is 11.8 Å². The zero-order chi connectivity index (χ0) is 32.8. The molecule has 0 spiro atoms. The second-order valence-electron chi connectivity index (χ2n) is 11.0. The molecule has 44 heavy (non-hydrogen) atoms. The normalized spacial score (nSPS) is 17.5. The lowest BCUT2D eigenvalue weighted by atomic mass is 9.81. The summed E-state index contributed by atoms with van der Waals surface area (Å²) in [5.74, 6) is -1.22. The third-order valence-electron chi connectivity index (χ3n) is 7.64. The van der Waals surface area contributed by atoms with Crippen LogP contribution < -0.4 is 10.6 Å². The van der Waals surface area contributed by atoms with Crippen LogP contribution in [0.25, 0.3) is 0 Å². The van der Waals surface area contributed by atoms with Gasteiger partial charge in [-0.3, -0.25) is 9.59 Å². The van der Waals surface area contributed by atoms with Gasteiger partial charge in [-0.05, 0) is 25.7 Å².